The van der Waals surface area contributed by atoms with Gasteiger partial charge in [0.1, 0.15) is 23.7 Å². The summed E-state index contributed by atoms with van der Waals surface area (Å²) in [6.07, 6.45) is 0. The van der Waals surface area contributed by atoms with Crippen molar-refractivity contribution in [1.82, 2.24) is 0 Å². The average Bonchev–Trinajstić information content (AvgIpc) is 2.86. The van der Waals surface area contributed by atoms with E-state index in [1.807, 2.05) is 13.0 Å². The Hall–Kier alpha value is -4.53. The molecule has 0 radical (unpaired) electrons. The van der Waals surface area contributed by atoms with E-state index in [0.29, 0.717) is 11.3 Å². The molecule has 0 aliphatic carbocycles. The fraction of sp³-hybridized carbons (Fsp3) is 0.148. The highest BCUT2D eigenvalue weighted by Crippen LogP contribution is 2.23. The summed E-state index contributed by atoms with van der Waals surface area (Å²) in [4.78, 5) is 36.1. The highest BCUT2D eigenvalue weighted by molar-refractivity contribution is 5.99. The summed E-state index contributed by atoms with van der Waals surface area (Å²) in [5.41, 5.74) is 2.03. The summed E-state index contributed by atoms with van der Waals surface area (Å²) in [5.74, 6) is -0.733. The summed E-state index contributed by atoms with van der Waals surface area (Å²) < 4.78 is 44.7. The maximum absolute atomic E-state index is 12.3. The number of rotatable bonds is 9. The molecule has 0 N–H and O–H groups in total. The van der Waals surface area contributed by atoms with Crippen molar-refractivity contribution in [3.63, 3.8) is 0 Å². The minimum Gasteiger partial charge on any atom is -0.489 e. The summed E-state index contributed by atoms with van der Waals surface area (Å²) in [5, 5.41) is 0.820. The third-order valence-electron chi connectivity index (χ3n) is 5.25. The number of esters is 1. The van der Waals surface area contributed by atoms with E-state index in [9.17, 15) is 23.2 Å². The molecule has 0 spiro atoms. The first-order valence-electron chi connectivity index (χ1n) is 10.8. The van der Waals surface area contributed by atoms with Crippen LogP contribution in [-0.4, -0.2) is 25.0 Å². The van der Waals surface area contributed by atoms with E-state index < -0.39 is 30.6 Å². The van der Waals surface area contributed by atoms with Crippen LogP contribution in [0.3, 0.4) is 0 Å². The van der Waals surface area contributed by atoms with Gasteiger partial charge in [0.15, 0.2) is 12.4 Å². The molecule has 9 heteroatoms. The molecule has 0 saturated carbocycles. The number of alkyl halides is 2. The second-order valence-electron chi connectivity index (χ2n) is 7.79. The van der Waals surface area contributed by atoms with Crippen molar-refractivity contribution >= 4 is 22.7 Å². The number of hydrogen-bond acceptors (Lipinski definition) is 7. The van der Waals surface area contributed by atoms with E-state index >= 15 is 0 Å². The lowest BCUT2D eigenvalue weighted by Crippen LogP contribution is -2.14. The summed E-state index contributed by atoms with van der Waals surface area (Å²) in [6, 6.07) is 18.2. The largest absolute Gasteiger partial charge is 0.489 e. The van der Waals surface area contributed by atoms with Gasteiger partial charge in [0.05, 0.1) is 5.56 Å². The Labute approximate surface area is 203 Å². The molecule has 1 heterocycles. The van der Waals surface area contributed by atoms with Crippen molar-refractivity contribution in [2.75, 3.05) is 6.61 Å². The second kappa shape index (κ2) is 10.8. The predicted octanol–water partition coefficient (Wildman–Crippen LogP) is 5.32. The average molecular weight is 494 g/mol. The summed E-state index contributed by atoms with van der Waals surface area (Å²) >= 11 is 0. The molecule has 7 nitrogen and oxygen atoms in total. The maximum Gasteiger partial charge on any atom is 0.387 e. The summed E-state index contributed by atoms with van der Waals surface area (Å²) in [6.45, 7) is -1.43. The van der Waals surface area contributed by atoms with Gasteiger partial charge in [0.25, 0.3) is 0 Å². The molecular weight excluding hydrogens is 474 g/mol. The van der Waals surface area contributed by atoms with Crippen LogP contribution in [0.15, 0.2) is 82.0 Å². The Bertz CT molecular complexity index is 1440. The van der Waals surface area contributed by atoms with Crippen LogP contribution in [0.1, 0.15) is 31.8 Å². The number of halogens is 2. The van der Waals surface area contributed by atoms with Crippen LogP contribution < -0.4 is 15.1 Å². The van der Waals surface area contributed by atoms with Gasteiger partial charge in [0, 0.05) is 23.1 Å². The SMILES string of the molecule is Cc1cc(=O)oc2cc(OCc3ccc(C(=O)OCC(=O)c4ccc(OC(F)F)cc4)cc3)ccc12. The third-order valence-corrected chi connectivity index (χ3v) is 5.25. The van der Waals surface area contributed by atoms with Crippen molar-refractivity contribution in [1.29, 1.82) is 0 Å². The van der Waals surface area contributed by atoms with Crippen molar-refractivity contribution in [2.24, 2.45) is 0 Å². The Kier molecular flexibility index (Phi) is 7.39. The molecule has 0 aliphatic rings. The fourth-order valence-corrected chi connectivity index (χ4v) is 3.42. The first-order chi connectivity index (χ1) is 17.3. The van der Waals surface area contributed by atoms with Gasteiger partial charge < -0.3 is 18.6 Å². The quantitative estimate of drug-likeness (QED) is 0.177. The molecule has 0 atom stereocenters. The topological polar surface area (TPSA) is 92.0 Å². The second-order valence-corrected chi connectivity index (χ2v) is 7.79. The number of ether oxygens (including phenoxy) is 3. The molecule has 0 aliphatic heterocycles. The molecule has 4 aromatic rings. The van der Waals surface area contributed by atoms with Gasteiger partial charge in [-0.3, -0.25) is 4.79 Å². The van der Waals surface area contributed by atoms with E-state index in [-0.39, 0.29) is 23.5 Å². The number of fused-ring (bicyclic) bond motifs is 1. The highest BCUT2D eigenvalue weighted by Gasteiger charge is 2.13. The zero-order chi connectivity index (χ0) is 25.7. The van der Waals surface area contributed by atoms with Crippen LogP contribution in [0.4, 0.5) is 8.78 Å². The molecule has 36 heavy (non-hydrogen) atoms. The maximum atomic E-state index is 12.3. The fourth-order valence-electron chi connectivity index (χ4n) is 3.42. The first kappa shape index (κ1) is 24.6. The molecule has 3 aromatic carbocycles. The van der Waals surface area contributed by atoms with E-state index in [0.717, 1.165) is 16.5 Å². The van der Waals surface area contributed by atoms with Gasteiger partial charge >= 0.3 is 18.2 Å². The van der Waals surface area contributed by atoms with Crippen molar-refractivity contribution in [3.8, 4) is 11.5 Å². The van der Waals surface area contributed by atoms with Crippen LogP contribution in [0.5, 0.6) is 11.5 Å². The monoisotopic (exact) mass is 494 g/mol. The van der Waals surface area contributed by atoms with Crippen molar-refractivity contribution in [3.05, 3.63) is 105 Å². The zero-order valence-electron chi connectivity index (χ0n) is 19.0. The third kappa shape index (κ3) is 6.12. The van der Waals surface area contributed by atoms with Crippen LogP contribution in [0, 0.1) is 6.92 Å². The zero-order valence-corrected chi connectivity index (χ0v) is 19.0. The number of benzene rings is 3. The molecule has 0 bridgehead atoms. The number of hydrogen-bond donors (Lipinski definition) is 0. The number of aryl methyl sites for hydroxylation is 1. The lowest BCUT2D eigenvalue weighted by atomic mass is 10.1. The lowest BCUT2D eigenvalue weighted by molar-refractivity contribution is -0.0498. The van der Waals surface area contributed by atoms with Gasteiger partial charge in [-0.15, -0.1) is 0 Å². The molecule has 184 valence electrons. The Balaban J connectivity index is 1.30. The van der Waals surface area contributed by atoms with Gasteiger partial charge in [-0.25, -0.2) is 9.59 Å². The normalized spacial score (nSPS) is 10.9. The van der Waals surface area contributed by atoms with Crippen LogP contribution >= 0.6 is 0 Å². The number of carbonyl (C=O) groups is 2. The van der Waals surface area contributed by atoms with Gasteiger partial charge in [-0.05, 0) is 66.6 Å². The van der Waals surface area contributed by atoms with Gasteiger partial charge in [-0.1, -0.05) is 12.1 Å². The van der Waals surface area contributed by atoms with Crippen LogP contribution in [-0.2, 0) is 11.3 Å². The Morgan fingerprint density at radius 1 is 0.889 bits per heavy atom. The minimum absolute atomic E-state index is 0.0788. The molecule has 4 rings (SSSR count). The first-order valence-corrected chi connectivity index (χ1v) is 10.8. The van der Waals surface area contributed by atoms with Crippen LogP contribution in [0.25, 0.3) is 11.0 Å². The summed E-state index contributed by atoms with van der Waals surface area (Å²) in [7, 11) is 0. The number of ketones is 1. The highest BCUT2D eigenvalue weighted by atomic mass is 19.3. The van der Waals surface area contributed by atoms with Gasteiger partial charge in [-0.2, -0.15) is 8.78 Å². The minimum atomic E-state index is -2.96. The van der Waals surface area contributed by atoms with Crippen molar-refractivity contribution < 1.29 is 37.0 Å². The molecule has 0 amide bonds. The number of Topliss-reactive ketones (excluding diaryl/α,β-unsaturated/α-hetero) is 1. The van der Waals surface area contributed by atoms with E-state index in [2.05, 4.69) is 4.74 Å². The predicted molar refractivity (Wildman–Crippen MR) is 126 cm³/mol. The molecule has 1 aromatic heterocycles. The molecule has 0 saturated heterocycles. The smallest absolute Gasteiger partial charge is 0.387 e. The van der Waals surface area contributed by atoms with E-state index in [1.54, 1.807) is 36.4 Å². The van der Waals surface area contributed by atoms with E-state index in [1.165, 1.54) is 30.3 Å². The standard InChI is InChI=1S/C27H20F2O7/c1-16-12-25(31)36-24-13-21(10-11-22(16)24)33-14-17-2-4-19(5-3-17)26(32)34-15-23(30)18-6-8-20(9-7-18)35-27(28)29/h2-13,27H,14-15H2,1H3. The molecular formula is C27H20F2O7. The Morgan fingerprint density at radius 2 is 1.56 bits per heavy atom. The lowest BCUT2D eigenvalue weighted by Gasteiger charge is -2.09. The molecule has 0 fully saturated rings. The molecule has 0 unspecified atom stereocenters. The van der Waals surface area contributed by atoms with Gasteiger partial charge in [0.2, 0.25) is 0 Å². The van der Waals surface area contributed by atoms with E-state index in [4.69, 9.17) is 13.9 Å². The Morgan fingerprint density at radius 3 is 2.25 bits per heavy atom. The van der Waals surface area contributed by atoms with Crippen molar-refractivity contribution in [2.45, 2.75) is 20.1 Å². The van der Waals surface area contributed by atoms with Crippen LogP contribution in [0.2, 0.25) is 0 Å². The number of carbonyl (C=O) groups excluding carboxylic acids is 2.